The van der Waals surface area contributed by atoms with Crippen molar-refractivity contribution in [3.05, 3.63) is 95.6 Å². The Balaban J connectivity index is 0.00000171. The molecule has 2 aliphatic rings. The molecule has 0 saturated carbocycles. The van der Waals surface area contributed by atoms with Crippen molar-refractivity contribution in [2.75, 3.05) is 33.9 Å². The highest BCUT2D eigenvalue weighted by Gasteiger charge is 2.41. The normalized spacial score (nSPS) is 20.0. The molecular weight excluding hydrogens is 479 g/mol. The van der Waals surface area contributed by atoms with E-state index >= 15 is 0 Å². The molecule has 2 saturated heterocycles. The maximum absolute atomic E-state index is 5.69. The molecule has 2 aliphatic heterocycles. The Morgan fingerprint density at radius 1 is 0.829 bits per heavy atom. The number of fused-ring (bicyclic) bond motifs is 1. The molecule has 0 N–H and O–H groups in total. The Labute approximate surface area is 222 Å². The van der Waals surface area contributed by atoms with Crippen molar-refractivity contribution in [1.29, 1.82) is 0 Å². The Morgan fingerprint density at radius 2 is 1.49 bits per heavy atom. The van der Waals surface area contributed by atoms with Crippen LogP contribution in [0.4, 0.5) is 0 Å². The molecule has 4 nitrogen and oxygen atoms in total. The molecule has 0 spiro atoms. The van der Waals surface area contributed by atoms with Gasteiger partial charge in [-0.1, -0.05) is 60.7 Å². The summed E-state index contributed by atoms with van der Waals surface area (Å²) in [5, 5.41) is 0. The number of ether oxygens (including phenoxy) is 2. The van der Waals surface area contributed by atoms with Crippen LogP contribution in [0.1, 0.15) is 35.4 Å². The lowest BCUT2D eigenvalue weighted by molar-refractivity contribution is 0.0380. The topological polar surface area (TPSA) is 24.9 Å². The van der Waals surface area contributed by atoms with Gasteiger partial charge in [-0.05, 0) is 48.7 Å². The van der Waals surface area contributed by atoms with Crippen LogP contribution in [0.25, 0.3) is 0 Å². The molecular formula is C29H36Cl2N2O2. The molecule has 5 rings (SSSR count). The van der Waals surface area contributed by atoms with Gasteiger partial charge < -0.3 is 9.47 Å². The maximum atomic E-state index is 5.69. The van der Waals surface area contributed by atoms with Gasteiger partial charge in [0, 0.05) is 43.2 Å². The minimum Gasteiger partial charge on any atom is -0.497 e. The second-order valence-electron chi connectivity index (χ2n) is 9.27. The fourth-order valence-electron chi connectivity index (χ4n) is 5.86. The Kier molecular flexibility index (Phi) is 9.88. The highest BCUT2D eigenvalue weighted by atomic mass is 35.5. The molecule has 0 amide bonds. The lowest BCUT2D eigenvalue weighted by Gasteiger charge is -2.47. The molecule has 2 heterocycles. The van der Waals surface area contributed by atoms with E-state index in [4.69, 9.17) is 9.47 Å². The van der Waals surface area contributed by atoms with Gasteiger partial charge in [-0.3, -0.25) is 9.80 Å². The minimum atomic E-state index is 0. The van der Waals surface area contributed by atoms with Crippen LogP contribution in [0.2, 0.25) is 0 Å². The molecule has 3 aromatic rings. The monoisotopic (exact) mass is 514 g/mol. The summed E-state index contributed by atoms with van der Waals surface area (Å²) in [5.74, 6) is 2.17. The molecule has 2 atom stereocenters. The highest BCUT2D eigenvalue weighted by molar-refractivity contribution is 5.85. The van der Waals surface area contributed by atoms with Crippen molar-refractivity contribution >= 4 is 24.8 Å². The zero-order valence-corrected chi connectivity index (χ0v) is 22.1. The van der Waals surface area contributed by atoms with Gasteiger partial charge in [0.05, 0.1) is 14.2 Å². The summed E-state index contributed by atoms with van der Waals surface area (Å²) < 4.78 is 11.2. The second-order valence-corrected chi connectivity index (χ2v) is 9.27. The van der Waals surface area contributed by atoms with Gasteiger partial charge in [0.25, 0.3) is 0 Å². The summed E-state index contributed by atoms with van der Waals surface area (Å²) in [5.41, 5.74) is 4.00. The van der Waals surface area contributed by atoms with Crippen LogP contribution in [0, 0.1) is 0 Å². The van der Waals surface area contributed by atoms with Crippen LogP contribution in [0.15, 0.2) is 78.9 Å². The summed E-state index contributed by atoms with van der Waals surface area (Å²) in [7, 11) is 3.48. The molecule has 6 heteroatoms. The summed E-state index contributed by atoms with van der Waals surface area (Å²) in [6.07, 6.45) is 2.56. The maximum Gasteiger partial charge on any atom is 0.123 e. The van der Waals surface area contributed by atoms with Crippen LogP contribution < -0.4 is 9.47 Å². The highest BCUT2D eigenvalue weighted by Crippen LogP contribution is 2.38. The fourth-order valence-corrected chi connectivity index (χ4v) is 5.86. The van der Waals surface area contributed by atoms with Crippen molar-refractivity contribution in [2.24, 2.45) is 0 Å². The Hall–Kier alpha value is -2.24. The number of nitrogens with zero attached hydrogens (tertiary/aromatic N) is 2. The van der Waals surface area contributed by atoms with Crippen molar-refractivity contribution in [3.63, 3.8) is 0 Å². The fraction of sp³-hybridized carbons (Fsp3) is 0.379. The van der Waals surface area contributed by atoms with Gasteiger partial charge in [-0.25, -0.2) is 0 Å². The molecule has 2 fully saturated rings. The average molecular weight is 516 g/mol. The van der Waals surface area contributed by atoms with Crippen LogP contribution in [-0.2, 0) is 6.54 Å². The smallest absolute Gasteiger partial charge is 0.123 e. The third kappa shape index (κ3) is 5.95. The van der Waals surface area contributed by atoms with Crippen molar-refractivity contribution in [3.8, 4) is 11.5 Å². The minimum absolute atomic E-state index is 0. The van der Waals surface area contributed by atoms with Gasteiger partial charge in [0.1, 0.15) is 11.5 Å². The summed E-state index contributed by atoms with van der Waals surface area (Å²) in [6.45, 7) is 4.21. The van der Waals surface area contributed by atoms with E-state index in [9.17, 15) is 0 Å². The molecule has 0 radical (unpaired) electrons. The van der Waals surface area contributed by atoms with E-state index in [1.807, 2.05) is 12.1 Å². The van der Waals surface area contributed by atoms with Gasteiger partial charge in [0.15, 0.2) is 0 Å². The molecule has 35 heavy (non-hydrogen) atoms. The first-order valence-electron chi connectivity index (χ1n) is 12.1. The number of hydrogen-bond donors (Lipinski definition) is 0. The van der Waals surface area contributed by atoms with E-state index in [0.717, 1.165) is 31.1 Å². The van der Waals surface area contributed by atoms with Crippen LogP contribution in [0.3, 0.4) is 0 Å². The SMILES string of the molecule is COc1ccc(OC)c(CN2C[C@@H]3CCCN3[C@H](C(c3ccccc3)c3ccccc3)C2)c1.Cl.Cl. The number of hydrogen-bond acceptors (Lipinski definition) is 4. The zero-order chi connectivity index (χ0) is 22.6. The van der Waals surface area contributed by atoms with Gasteiger partial charge in [-0.2, -0.15) is 0 Å². The first-order chi connectivity index (χ1) is 16.3. The number of rotatable bonds is 7. The van der Waals surface area contributed by atoms with E-state index in [1.54, 1.807) is 14.2 Å². The van der Waals surface area contributed by atoms with Gasteiger partial charge in [-0.15, -0.1) is 24.8 Å². The number of piperazine rings is 1. The molecule has 0 aliphatic carbocycles. The van der Waals surface area contributed by atoms with Crippen LogP contribution >= 0.6 is 24.8 Å². The number of halogens is 2. The molecule has 3 aromatic carbocycles. The third-order valence-corrected chi connectivity index (χ3v) is 7.35. The van der Waals surface area contributed by atoms with Crippen LogP contribution in [0.5, 0.6) is 11.5 Å². The summed E-state index contributed by atoms with van der Waals surface area (Å²) in [4.78, 5) is 5.43. The van der Waals surface area contributed by atoms with Crippen molar-refractivity contribution < 1.29 is 9.47 Å². The molecule has 0 bridgehead atoms. The van der Waals surface area contributed by atoms with Crippen LogP contribution in [-0.4, -0.2) is 55.7 Å². The van der Waals surface area contributed by atoms with E-state index in [1.165, 1.54) is 36.1 Å². The largest absolute Gasteiger partial charge is 0.497 e. The van der Waals surface area contributed by atoms with Gasteiger partial charge >= 0.3 is 0 Å². The lowest BCUT2D eigenvalue weighted by atomic mass is 9.82. The predicted octanol–water partition coefficient (Wildman–Crippen LogP) is 6.03. The summed E-state index contributed by atoms with van der Waals surface area (Å²) in [6, 6.07) is 29.3. The number of methoxy groups -OCH3 is 2. The zero-order valence-electron chi connectivity index (χ0n) is 20.5. The van der Waals surface area contributed by atoms with E-state index in [-0.39, 0.29) is 24.8 Å². The first-order valence-corrected chi connectivity index (χ1v) is 12.1. The lowest BCUT2D eigenvalue weighted by Crippen LogP contribution is -2.57. The van der Waals surface area contributed by atoms with E-state index < -0.39 is 0 Å². The number of benzene rings is 3. The average Bonchev–Trinajstić information content (AvgIpc) is 3.34. The van der Waals surface area contributed by atoms with Gasteiger partial charge in [0.2, 0.25) is 0 Å². The van der Waals surface area contributed by atoms with E-state index in [2.05, 4.69) is 76.5 Å². The first kappa shape index (κ1) is 27.3. The van der Waals surface area contributed by atoms with Crippen molar-refractivity contribution in [1.82, 2.24) is 9.80 Å². The third-order valence-electron chi connectivity index (χ3n) is 7.35. The van der Waals surface area contributed by atoms with E-state index in [0.29, 0.717) is 18.0 Å². The predicted molar refractivity (Wildman–Crippen MR) is 148 cm³/mol. The molecule has 188 valence electrons. The molecule has 0 unspecified atom stereocenters. The quantitative estimate of drug-likeness (QED) is 0.384. The standard InChI is InChI=1S/C29H34N2O2.2ClH/c1-32-26-15-16-28(33-2)24(18-26)19-30-20-25-14-9-17-31(25)27(21-30)29(22-10-5-3-6-11-22)23-12-7-4-8-13-23;;/h3-8,10-13,15-16,18,25,27,29H,9,14,17,19-21H2,1-2H3;2*1H/t25-,27-;;/m0../s1. The molecule has 0 aromatic heterocycles. The second kappa shape index (κ2) is 12.6. The Morgan fingerprint density at radius 3 is 2.09 bits per heavy atom. The van der Waals surface area contributed by atoms with Crippen molar-refractivity contribution in [2.45, 2.75) is 37.4 Å². The Bertz CT molecular complexity index is 1010. The summed E-state index contributed by atoms with van der Waals surface area (Å²) >= 11 is 0.